The van der Waals surface area contributed by atoms with Crippen LogP contribution in [0, 0.1) is 25.2 Å². The van der Waals surface area contributed by atoms with Crippen LogP contribution in [-0.4, -0.2) is 36.2 Å². The van der Waals surface area contributed by atoms with E-state index >= 15 is 0 Å². The van der Waals surface area contributed by atoms with Gasteiger partial charge in [0.1, 0.15) is 28.7 Å². The van der Waals surface area contributed by atoms with E-state index in [9.17, 15) is 10.1 Å². The quantitative estimate of drug-likeness (QED) is 0.635. The summed E-state index contributed by atoms with van der Waals surface area (Å²) in [6, 6.07) is 4.10. The molecule has 0 saturated carbocycles. The highest BCUT2D eigenvalue weighted by Crippen LogP contribution is 2.45. The first-order chi connectivity index (χ1) is 13.8. The topological polar surface area (TPSA) is 106 Å². The SMILES string of the molecule is COc1c(Br)cc(C)c(-n2c(N)c(C#N)c3cnc4c(c32)OCC(=O)N4C)c1C. The summed E-state index contributed by atoms with van der Waals surface area (Å²) < 4.78 is 13.9. The summed E-state index contributed by atoms with van der Waals surface area (Å²) in [5.74, 6) is 1.54. The van der Waals surface area contributed by atoms with Gasteiger partial charge in [0.2, 0.25) is 0 Å². The number of carbonyl (C=O) groups is 1. The predicted octanol–water partition coefficient (Wildman–Crippen LogP) is 3.22. The number of aryl methyl sites for hydroxylation is 1. The number of carbonyl (C=O) groups excluding carboxylic acids is 1. The fourth-order valence-electron chi connectivity index (χ4n) is 3.82. The maximum atomic E-state index is 12.1. The number of likely N-dealkylation sites (N-methyl/N-ethyl adjacent to an activating group) is 1. The largest absolute Gasteiger partial charge is 0.495 e. The Bertz CT molecular complexity index is 1240. The fourth-order valence-corrected chi connectivity index (χ4v) is 4.62. The first-order valence-corrected chi connectivity index (χ1v) is 9.57. The molecule has 0 aliphatic carbocycles. The van der Waals surface area contributed by atoms with Gasteiger partial charge in [0.05, 0.1) is 17.3 Å². The van der Waals surface area contributed by atoms with Gasteiger partial charge in [0.25, 0.3) is 5.91 Å². The number of nitrogens with two attached hydrogens (primary N) is 1. The first kappa shape index (κ1) is 19.1. The van der Waals surface area contributed by atoms with Gasteiger partial charge in [-0.05, 0) is 41.4 Å². The highest BCUT2D eigenvalue weighted by atomic mass is 79.9. The molecular weight excluding hydrogens is 438 g/mol. The van der Waals surface area contributed by atoms with Gasteiger partial charge in [-0.2, -0.15) is 5.26 Å². The summed E-state index contributed by atoms with van der Waals surface area (Å²) in [5.41, 5.74) is 9.90. The zero-order chi connectivity index (χ0) is 21.0. The van der Waals surface area contributed by atoms with Gasteiger partial charge >= 0.3 is 0 Å². The molecule has 0 fully saturated rings. The van der Waals surface area contributed by atoms with Crippen molar-refractivity contribution in [3.63, 3.8) is 0 Å². The smallest absolute Gasteiger partial charge is 0.265 e. The number of hydrogen-bond acceptors (Lipinski definition) is 6. The first-order valence-electron chi connectivity index (χ1n) is 8.78. The van der Waals surface area contributed by atoms with E-state index in [2.05, 4.69) is 27.0 Å². The van der Waals surface area contributed by atoms with E-state index in [0.717, 1.165) is 21.3 Å². The number of aromatic nitrogens is 2. The lowest BCUT2D eigenvalue weighted by Gasteiger charge is -2.26. The molecule has 1 aromatic carbocycles. The van der Waals surface area contributed by atoms with E-state index in [0.29, 0.717) is 33.8 Å². The Labute approximate surface area is 175 Å². The van der Waals surface area contributed by atoms with Crippen molar-refractivity contribution in [2.24, 2.45) is 0 Å². The summed E-state index contributed by atoms with van der Waals surface area (Å²) in [6.45, 7) is 3.76. The molecule has 2 N–H and O–H groups in total. The molecule has 1 aliphatic rings. The molecule has 0 atom stereocenters. The Hall–Kier alpha value is -3.25. The molecule has 9 heteroatoms. The normalized spacial score (nSPS) is 13.2. The maximum Gasteiger partial charge on any atom is 0.265 e. The number of anilines is 2. The number of ether oxygens (including phenoxy) is 2. The minimum absolute atomic E-state index is 0.112. The molecular formula is C20H18BrN5O3. The minimum Gasteiger partial charge on any atom is -0.495 e. The number of methoxy groups -OCH3 is 1. The number of nitrogens with zero attached hydrogens (tertiary/aromatic N) is 4. The molecule has 3 aromatic rings. The number of pyridine rings is 1. The van der Waals surface area contributed by atoms with Gasteiger partial charge in [-0.1, -0.05) is 0 Å². The van der Waals surface area contributed by atoms with Crippen LogP contribution in [0.1, 0.15) is 16.7 Å². The number of benzene rings is 1. The van der Waals surface area contributed by atoms with Gasteiger partial charge in [0, 0.05) is 24.2 Å². The van der Waals surface area contributed by atoms with Crippen LogP contribution in [0.3, 0.4) is 0 Å². The van der Waals surface area contributed by atoms with Crippen molar-refractivity contribution in [1.82, 2.24) is 9.55 Å². The molecule has 8 nitrogen and oxygen atoms in total. The molecule has 4 rings (SSSR count). The summed E-state index contributed by atoms with van der Waals surface area (Å²) in [6.07, 6.45) is 1.55. The van der Waals surface area contributed by atoms with Crippen LogP contribution < -0.4 is 20.1 Å². The second-order valence-corrected chi connectivity index (χ2v) is 7.66. The Morgan fingerprint density at radius 3 is 2.79 bits per heavy atom. The number of rotatable bonds is 2. The van der Waals surface area contributed by atoms with Crippen LogP contribution in [0.5, 0.6) is 11.5 Å². The lowest BCUT2D eigenvalue weighted by atomic mass is 10.1. The lowest BCUT2D eigenvalue weighted by molar-refractivity contribution is -0.121. The molecule has 0 radical (unpaired) electrons. The van der Waals surface area contributed by atoms with E-state index in [1.165, 1.54) is 4.90 Å². The monoisotopic (exact) mass is 455 g/mol. The molecule has 1 amide bonds. The van der Waals surface area contributed by atoms with Gasteiger partial charge in [-0.3, -0.25) is 14.3 Å². The van der Waals surface area contributed by atoms with Gasteiger partial charge in [0.15, 0.2) is 18.2 Å². The number of fused-ring (bicyclic) bond motifs is 3. The van der Waals surface area contributed by atoms with Crippen molar-refractivity contribution in [1.29, 1.82) is 5.26 Å². The van der Waals surface area contributed by atoms with Crippen molar-refractivity contribution >= 4 is 44.4 Å². The molecule has 3 heterocycles. The summed E-state index contributed by atoms with van der Waals surface area (Å²) in [4.78, 5) is 17.9. The van der Waals surface area contributed by atoms with E-state index < -0.39 is 0 Å². The Morgan fingerprint density at radius 1 is 1.41 bits per heavy atom. The fraction of sp³-hybridized carbons (Fsp3) is 0.250. The van der Waals surface area contributed by atoms with E-state index in [-0.39, 0.29) is 18.3 Å². The van der Waals surface area contributed by atoms with Crippen molar-refractivity contribution in [3.05, 3.63) is 33.4 Å². The average Bonchev–Trinajstić information content (AvgIpc) is 2.96. The van der Waals surface area contributed by atoms with Gasteiger partial charge in [-0.25, -0.2) is 4.98 Å². The van der Waals surface area contributed by atoms with Crippen LogP contribution in [0.25, 0.3) is 16.6 Å². The third-order valence-corrected chi connectivity index (χ3v) is 5.77. The molecule has 0 spiro atoms. The minimum atomic E-state index is -0.200. The number of amides is 1. The van der Waals surface area contributed by atoms with Gasteiger partial charge in [-0.15, -0.1) is 0 Å². The Balaban J connectivity index is 2.19. The number of nitrogen functional groups attached to an aromatic ring is 1. The van der Waals surface area contributed by atoms with Crippen LogP contribution >= 0.6 is 15.9 Å². The average molecular weight is 456 g/mol. The Kier molecular flexibility index (Phi) is 4.39. The third-order valence-electron chi connectivity index (χ3n) is 5.18. The second-order valence-electron chi connectivity index (χ2n) is 6.80. The van der Waals surface area contributed by atoms with Crippen LogP contribution in [0.4, 0.5) is 11.6 Å². The predicted molar refractivity (Wildman–Crippen MR) is 113 cm³/mol. The summed E-state index contributed by atoms with van der Waals surface area (Å²) >= 11 is 3.53. The van der Waals surface area contributed by atoms with E-state index in [1.807, 2.05) is 19.9 Å². The molecule has 0 saturated heterocycles. The van der Waals surface area contributed by atoms with Crippen LogP contribution in [0.15, 0.2) is 16.7 Å². The van der Waals surface area contributed by atoms with E-state index in [1.54, 1.807) is 24.9 Å². The number of halogens is 1. The van der Waals surface area contributed by atoms with E-state index in [4.69, 9.17) is 15.2 Å². The molecule has 0 bridgehead atoms. The zero-order valence-electron chi connectivity index (χ0n) is 16.3. The Morgan fingerprint density at radius 2 is 2.14 bits per heavy atom. The van der Waals surface area contributed by atoms with Crippen molar-refractivity contribution in [2.75, 3.05) is 31.4 Å². The van der Waals surface area contributed by atoms with Crippen molar-refractivity contribution in [3.8, 4) is 23.3 Å². The number of nitriles is 1. The lowest BCUT2D eigenvalue weighted by Crippen LogP contribution is -2.36. The standard InChI is InChI=1S/C20H18BrN5O3/c1-9-5-13(21)17(28-4)10(2)15(9)26-16-12(11(6-22)19(26)23)7-24-20-18(16)29-8-14(27)25(20)3/h5,7H,8,23H2,1-4H3. The zero-order valence-corrected chi connectivity index (χ0v) is 17.9. The van der Waals surface area contributed by atoms with Crippen molar-refractivity contribution in [2.45, 2.75) is 13.8 Å². The van der Waals surface area contributed by atoms with Crippen LogP contribution in [0.2, 0.25) is 0 Å². The second kappa shape index (κ2) is 6.67. The van der Waals surface area contributed by atoms with Crippen molar-refractivity contribution < 1.29 is 14.3 Å². The molecule has 29 heavy (non-hydrogen) atoms. The highest BCUT2D eigenvalue weighted by molar-refractivity contribution is 9.10. The van der Waals surface area contributed by atoms with Gasteiger partial charge < -0.3 is 15.2 Å². The summed E-state index contributed by atoms with van der Waals surface area (Å²) in [5, 5.41) is 10.3. The summed E-state index contributed by atoms with van der Waals surface area (Å²) in [7, 11) is 3.24. The number of hydrogen-bond donors (Lipinski definition) is 1. The molecule has 148 valence electrons. The molecule has 0 unspecified atom stereocenters. The third kappa shape index (κ3) is 2.56. The molecule has 2 aromatic heterocycles. The highest BCUT2D eigenvalue weighted by Gasteiger charge is 2.31. The van der Waals surface area contributed by atoms with Crippen LogP contribution in [-0.2, 0) is 4.79 Å². The molecule has 1 aliphatic heterocycles. The maximum absolute atomic E-state index is 12.1.